The molecule has 2 heterocycles. The van der Waals surface area contributed by atoms with Crippen LogP contribution >= 0.6 is 0 Å². The van der Waals surface area contributed by atoms with Crippen LogP contribution in [-0.2, 0) is 5.41 Å². The predicted octanol–water partition coefficient (Wildman–Crippen LogP) is 4.90. The predicted molar refractivity (Wildman–Crippen MR) is 92.7 cm³/mol. The number of hydrogen-bond acceptors (Lipinski definition) is 3. The van der Waals surface area contributed by atoms with Crippen molar-refractivity contribution in [3.05, 3.63) is 78.0 Å². The van der Waals surface area contributed by atoms with Crippen LogP contribution in [-0.4, -0.2) is 10.1 Å². The number of fused-ring (bicyclic) bond motifs is 2. The van der Waals surface area contributed by atoms with E-state index in [1.165, 1.54) is 11.1 Å². The molecule has 1 N–H and O–H groups in total. The van der Waals surface area contributed by atoms with Crippen LogP contribution in [0.1, 0.15) is 25.0 Å². The van der Waals surface area contributed by atoms with E-state index in [-0.39, 0.29) is 11.2 Å². The van der Waals surface area contributed by atoms with Gasteiger partial charge in [0.05, 0.1) is 11.4 Å². The molecule has 0 saturated heterocycles. The van der Waals surface area contributed by atoms with Gasteiger partial charge >= 0.3 is 0 Å². The minimum atomic E-state index is -0.118. The van der Waals surface area contributed by atoms with Gasteiger partial charge in [-0.1, -0.05) is 44.2 Å². The van der Waals surface area contributed by atoms with Crippen molar-refractivity contribution in [2.75, 3.05) is 4.90 Å². The summed E-state index contributed by atoms with van der Waals surface area (Å²) >= 11 is 0. The third-order valence-corrected chi connectivity index (χ3v) is 4.58. The van der Waals surface area contributed by atoms with Crippen LogP contribution < -0.4 is 4.90 Å². The normalized spacial score (nSPS) is 15.0. The average molecular weight is 302 g/mol. The quantitative estimate of drug-likeness (QED) is 0.695. The number of pyridine rings is 1. The Bertz CT molecular complexity index is 837. The molecule has 3 aromatic rings. The van der Waals surface area contributed by atoms with Gasteiger partial charge in [-0.15, -0.1) is 0 Å². The van der Waals surface area contributed by atoms with E-state index < -0.39 is 0 Å². The fourth-order valence-corrected chi connectivity index (χ4v) is 3.41. The Balaban J connectivity index is 2.04. The van der Waals surface area contributed by atoms with Crippen LogP contribution in [0.25, 0.3) is 0 Å². The maximum atomic E-state index is 9.90. The molecule has 114 valence electrons. The summed E-state index contributed by atoms with van der Waals surface area (Å²) in [5.41, 5.74) is 4.33. The van der Waals surface area contributed by atoms with Crippen LogP contribution in [0.4, 0.5) is 17.2 Å². The molecule has 2 aromatic carbocycles. The number of anilines is 3. The van der Waals surface area contributed by atoms with E-state index in [0.717, 1.165) is 17.2 Å². The second-order valence-corrected chi connectivity index (χ2v) is 6.37. The third-order valence-electron chi connectivity index (χ3n) is 4.58. The zero-order valence-corrected chi connectivity index (χ0v) is 13.2. The Morgan fingerprint density at radius 2 is 1.70 bits per heavy atom. The maximum Gasteiger partial charge on any atom is 0.141 e. The average Bonchev–Trinajstić information content (AvgIpc) is 2.55. The van der Waals surface area contributed by atoms with Gasteiger partial charge in [0, 0.05) is 23.2 Å². The molecule has 0 fully saturated rings. The molecule has 0 spiro atoms. The van der Waals surface area contributed by atoms with Gasteiger partial charge in [0.1, 0.15) is 11.6 Å². The van der Waals surface area contributed by atoms with Crippen molar-refractivity contribution >= 4 is 17.2 Å². The first kappa shape index (κ1) is 13.8. The first-order chi connectivity index (χ1) is 11.1. The SMILES string of the molecule is CC1(C)c2ccccc2N(c2cccc(O)c2)c2ncccc21. The maximum absolute atomic E-state index is 9.90. The second-order valence-electron chi connectivity index (χ2n) is 6.37. The lowest BCUT2D eigenvalue weighted by Gasteiger charge is -2.40. The van der Waals surface area contributed by atoms with Gasteiger partial charge < -0.3 is 5.11 Å². The molecule has 0 atom stereocenters. The van der Waals surface area contributed by atoms with Gasteiger partial charge in [-0.05, 0) is 29.8 Å². The summed E-state index contributed by atoms with van der Waals surface area (Å²) in [6.45, 7) is 4.46. The van der Waals surface area contributed by atoms with Gasteiger partial charge in [0.15, 0.2) is 0 Å². The molecule has 1 aromatic heterocycles. The number of rotatable bonds is 1. The first-order valence-corrected chi connectivity index (χ1v) is 7.73. The topological polar surface area (TPSA) is 36.4 Å². The van der Waals surface area contributed by atoms with Gasteiger partial charge in [-0.3, -0.25) is 4.90 Å². The summed E-state index contributed by atoms with van der Waals surface area (Å²) in [7, 11) is 0. The lowest BCUT2D eigenvalue weighted by Crippen LogP contribution is -2.31. The number of hydrogen-bond donors (Lipinski definition) is 1. The second kappa shape index (κ2) is 4.85. The zero-order valence-electron chi connectivity index (χ0n) is 13.2. The number of nitrogens with zero attached hydrogens (tertiary/aromatic N) is 2. The van der Waals surface area contributed by atoms with Gasteiger partial charge in [0.25, 0.3) is 0 Å². The summed E-state index contributed by atoms with van der Waals surface area (Å²) in [6, 6.07) is 19.8. The Hall–Kier alpha value is -2.81. The lowest BCUT2D eigenvalue weighted by molar-refractivity contribution is 0.475. The highest BCUT2D eigenvalue weighted by Crippen LogP contribution is 2.50. The molecular weight excluding hydrogens is 284 g/mol. The standard InChI is InChI=1S/C20H18N2O/c1-20(2)16-9-3-4-11-18(16)22(14-7-5-8-15(23)13-14)19-17(20)10-6-12-21-19/h3-13,23H,1-2H3. The smallest absolute Gasteiger partial charge is 0.141 e. The van der Waals surface area contributed by atoms with Crippen molar-refractivity contribution < 1.29 is 5.11 Å². The number of benzene rings is 2. The molecule has 1 aliphatic heterocycles. The van der Waals surface area contributed by atoms with Crippen molar-refractivity contribution in [2.24, 2.45) is 0 Å². The lowest BCUT2D eigenvalue weighted by atomic mass is 9.74. The largest absolute Gasteiger partial charge is 0.508 e. The molecule has 4 rings (SSSR count). The molecule has 0 amide bonds. The van der Waals surface area contributed by atoms with Crippen LogP contribution in [0.2, 0.25) is 0 Å². The summed E-state index contributed by atoms with van der Waals surface area (Å²) in [5, 5.41) is 9.90. The highest BCUT2D eigenvalue weighted by Gasteiger charge is 2.37. The molecule has 1 aliphatic rings. The molecule has 0 unspecified atom stereocenters. The molecule has 3 heteroatoms. The molecule has 23 heavy (non-hydrogen) atoms. The van der Waals surface area contributed by atoms with Crippen LogP contribution in [0.5, 0.6) is 5.75 Å². The molecular formula is C20H18N2O. The van der Waals surface area contributed by atoms with Crippen LogP contribution in [0, 0.1) is 0 Å². The summed E-state index contributed by atoms with van der Waals surface area (Å²) in [6.07, 6.45) is 1.82. The monoisotopic (exact) mass is 302 g/mol. The minimum absolute atomic E-state index is 0.118. The Morgan fingerprint density at radius 3 is 2.52 bits per heavy atom. The minimum Gasteiger partial charge on any atom is -0.508 e. The number of para-hydroxylation sites is 1. The van der Waals surface area contributed by atoms with E-state index in [0.29, 0.717) is 0 Å². The van der Waals surface area contributed by atoms with E-state index in [1.54, 1.807) is 12.1 Å². The van der Waals surface area contributed by atoms with Crippen LogP contribution in [0.15, 0.2) is 66.9 Å². The molecule has 0 radical (unpaired) electrons. The van der Waals surface area contributed by atoms with Gasteiger partial charge in [0.2, 0.25) is 0 Å². The van der Waals surface area contributed by atoms with Gasteiger partial charge in [-0.25, -0.2) is 4.98 Å². The first-order valence-electron chi connectivity index (χ1n) is 7.73. The number of phenols is 1. The van der Waals surface area contributed by atoms with Crippen LogP contribution in [0.3, 0.4) is 0 Å². The summed E-state index contributed by atoms with van der Waals surface area (Å²) < 4.78 is 0. The fourth-order valence-electron chi connectivity index (χ4n) is 3.41. The summed E-state index contributed by atoms with van der Waals surface area (Å²) in [4.78, 5) is 6.77. The van der Waals surface area contributed by atoms with E-state index >= 15 is 0 Å². The molecule has 0 aliphatic carbocycles. The van der Waals surface area contributed by atoms with E-state index in [2.05, 4.69) is 48.0 Å². The highest BCUT2D eigenvalue weighted by atomic mass is 16.3. The van der Waals surface area contributed by atoms with Gasteiger partial charge in [-0.2, -0.15) is 0 Å². The fraction of sp³-hybridized carbons (Fsp3) is 0.150. The van der Waals surface area contributed by atoms with Crippen molar-refractivity contribution in [1.82, 2.24) is 4.98 Å². The number of aromatic nitrogens is 1. The van der Waals surface area contributed by atoms with Crippen molar-refractivity contribution in [3.63, 3.8) is 0 Å². The van der Waals surface area contributed by atoms with E-state index in [1.807, 2.05) is 30.5 Å². The van der Waals surface area contributed by atoms with Crippen molar-refractivity contribution in [2.45, 2.75) is 19.3 Å². The van der Waals surface area contributed by atoms with Crippen molar-refractivity contribution in [1.29, 1.82) is 0 Å². The molecule has 0 bridgehead atoms. The van der Waals surface area contributed by atoms with Crippen molar-refractivity contribution in [3.8, 4) is 5.75 Å². The Kier molecular flexibility index (Phi) is 2.91. The summed E-state index contributed by atoms with van der Waals surface area (Å²) in [5.74, 6) is 1.17. The highest BCUT2D eigenvalue weighted by molar-refractivity contribution is 5.84. The van der Waals surface area contributed by atoms with E-state index in [9.17, 15) is 5.11 Å². The Labute approximate surface area is 135 Å². The third kappa shape index (κ3) is 2.00. The Morgan fingerprint density at radius 1 is 0.913 bits per heavy atom. The van der Waals surface area contributed by atoms with E-state index in [4.69, 9.17) is 0 Å². The molecule has 0 saturated carbocycles. The molecule has 3 nitrogen and oxygen atoms in total. The number of phenolic OH excluding ortho intramolecular Hbond substituents is 1. The zero-order chi connectivity index (χ0) is 16.0. The number of aromatic hydroxyl groups is 1.